The summed E-state index contributed by atoms with van der Waals surface area (Å²) < 4.78 is 9.92. The number of carbonyl (C=O) groups is 1. The van der Waals surface area contributed by atoms with Gasteiger partial charge >= 0.3 is 5.97 Å². The summed E-state index contributed by atoms with van der Waals surface area (Å²) >= 11 is 0. The molecule has 1 rings (SSSR count). The van der Waals surface area contributed by atoms with Crippen molar-refractivity contribution in [3.63, 3.8) is 0 Å². The minimum atomic E-state index is -1.01. The number of aliphatic carboxylic acids is 1. The number of carboxylic acid groups (broad SMARTS) is 1. The van der Waals surface area contributed by atoms with Gasteiger partial charge in [-0.05, 0) is 0 Å². The van der Waals surface area contributed by atoms with Crippen molar-refractivity contribution in [3.8, 4) is 0 Å². The van der Waals surface area contributed by atoms with Gasteiger partial charge < -0.3 is 14.6 Å². The molecule has 11 heavy (non-hydrogen) atoms. The highest BCUT2D eigenvalue weighted by atomic mass is 16.6. The molecule has 1 fully saturated rings. The van der Waals surface area contributed by atoms with Crippen LogP contribution in [0, 0.1) is 0 Å². The number of ether oxygens (including phenoxy) is 2. The lowest BCUT2D eigenvalue weighted by molar-refractivity contribution is -0.138. The zero-order valence-corrected chi connectivity index (χ0v) is 6.08. The first kappa shape index (κ1) is 8.23. The second-order valence-corrected chi connectivity index (χ2v) is 2.38. The summed E-state index contributed by atoms with van der Waals surface area (Å²) in [7, 11) is 0. The molecule has 0 bridgehead atoms. The SMILES string of the molecule is C=C(COC1COC1)C(=O)O. The monoisotopic (exact) mass is 158 g/mol. The van der Waals surface area contributed by atoms with Gasteiger partial charge in [0.2, 0.25) is 0 Å². The third-order valence-corrected chi connectivity index (χ3v) is 1.40. The highest BCUT2D eigenvalue weighted by Gasteiger charge is 2.19. The van der Waals surface area contributed by atoms with Crippen molar-refractivity contribution in [2.75, 3.05) is 19.8 Å². The second kappa shape index (κ2) is 3.50. The molecule has 1 aliphatic heterocycles. The van der Waals surface area contributed by atoms with E-state index in [1.54, 1.807) is 0 Å². The first-order valence-corrected chi connectivity index (χ1v) is 3.30. The van der Waals surface area contributed by atoms with E-state index in [0.717, 1.165) is 0 Å². The quantitative estimate of drug-likeness (QED) is 0.587. The fourth-order valence-corrected chi connectivity index (χ4v) is 0.590. The molecule has 1 heterocycles. The van der Waals surface area contributed by atoms with Gasteiger partial charge in [0.05, 0.1) is 25.4 Å². The molecule has 0 amide bonds. The molecule has 0 aromatic rings. The van der Waals surface area contributed by atoms with Gasteiger partial charge in [0.25, 0.3) is 0 Å². The standard InChI is InChI=1S/C7H10O4/c1-5(7(8)9)2-11-6-3-10-4-6/h6H,1-4H2,(H,8,9). The Morgan fingerprint density at radius 1 is 1.73 bits per heavy atom. The molecule has 0 aromatic heterocycles. The Morgan fingerprint density at radius 3 is 2.73 bits per heavy atom. The van der Waals surface area contributed by atoms with Crippen LogP contribution in [0.15, 0.2) is 12.2 Å². The Hall–Kier alpha value is -0.870. The highest BCUT2D eigenvalue weighted by molar-refractivity contribution is 5.85. The van der Waals surface area contributed by atoms with E-state index in [9.17, 15) is 4.79 Å². The van der Waals surface area contributed by atoms with Crippen LogP contribution in [0.4, 0.5) is 0 Å². The molecule has 0 aliphatic carbocycles. The van der Waals surface area contributed by atoms with E-state index in [4.69, 9.17) is 14.6 Å². The minimum Gasteiger partial charge on any atom is -0.478 e. The van der Waals surface area contributed by atoms with Crippen molar-refractivity contribution in [2.24, 2.45) is 0 Å². The summed E-state index contributed by atoms with van der Waals surface area (Å²) in [6.45, 7) is 4.53. The van der Waals surface area contributed by atoms with Crippen molar-refractivity contribution < 1.29 is 19.4 Å². The van der Waals surface area contributed by atoms with Gasteiger partial charge in [-0.1, -0.05) is 6.58 Å². The van der Waals surface area contributed by atoms with Crippen LogP contribution >= 0.6 is 0 Å². The molecule has 1 aliphatic rings. The Bertz CT molecular complexity index is 171. The summed E-state index contributed by atoms with van der Waals surface area (Å²) in [5.74, 6) is -1.01. The van der Waals surface area contributed by atoms with E-state index >= 15 is 0 Å². The fraction of sp³-hybridized carbons (Fsp3) is 0.571. The number of carboxylic acids is 1. The average molecular weight is 158 g/mol. The third kappa shape index (κ3) is 2.32. The van der Waals surface area contributed by atoms with Crippen molar-refractivity contribution in [3.05, 3.63) is 12.2 Å². The number of hydrogen-bond acceptors (Lipinski definition) is 3. The van der Waals surface area contributed by atoms with Gasteiger partial charge in [-0.15, -0.1) is 0 Å². The van der Waals surface area contributed by atoms with Gasteiger partial charge in [-0.25, -0.2) is 4.79 Å². The summed E-state index contributed by atoms with van der Waals surface area (Å²) in [5, 5.41) is 8.37. The molecular formula is C7H10O4. The maximum absolute atomic E-state index is 10.2. The van der Waals surface area contributed by atoms with Crippen LogP contribution in [0.1, 0.15) is 0 Å². The van der Waals surface area contributed by atoms with E-state index in [1.807, 2.05) is 0 Å². The van der Waals surface area contributed by atoms with Crippen molar-refractivity contribution in [1.82, 2.24) is 0 Å². The molecule has 62 valence electrons. The van der Waals surface area contributed by atoms with E-state index in [0.29, 0.717) is 13.2 Å². The second-order valence-electron chi connectivity index (χ2n) is 2.38. The Kier molecular flexibility index (Phi) is 2.62. The topological polar surface area (TPSA) is 55.8 Å². The smallest absolute Gasteiger partial charge is 0.333 e. The lowest BCUT2D eigenvalue weighted by Gasteiger charge is -2.25. The zero-order chi connectivity index (χ0) is 8.27. The molecule has 0 saturated carbocycles. The van der Waals surface area contributed by atoms with E-state index < -0.39 is 5.97 Å². The van der Waals surface area contributed by atoms with Gasteiger partial charge in [0.1, 0.15) is 6.10 Å². The molecule has 4 heteroatoms. The minimum absolute atomic E-state index is 0.0612. The predicted octanol–water partition coefficient (Wildman–Crippen LogP) is 0.0426. The maximum Gasteiger partial charge on any atom is 0.333 e. The van der Waals surface area contributed by atoms with E-state index in [1.165, 1.54) is 0 Å². The Labute approximate surface area is 64.4 Å². The van der Waals surface area contributed by atoms with E-state index in [2.05, 4.69) is 6.58 Å². The molecule has 1 saturated heterocycles. The maximum atomic E-state index is 10.2. The summed E-state index contributed by atoms with van der Waals surface area (Å²) in [6.07, 6.45) is 0.0612. The first-order valence-electron chi connectivity index (χ1n) is 3.30. The largest absolute Gasteiger partial charge is 0.478 e. The molecule has 0 radical (unpaired) electrons. The number of hydrogen-bond donors (Lipinski definition) is 1. The molecule has 1 N–H and O–H groups in total. The molecule has 0 spiro atoms. The van der Waals surface area contributed by atoms with Gasteiger partial charge in [-0.3, -0.25) is 0 Å². The average Bonchev–Trinajstić information content (AvgIpc) is 1.83. The van der Waals surface area contributed by atoms with Crippen LogP contribution in [-0.4, -0.2) is 37.0 Å². The first-order chi connectivity index (χ1) is 5.20. The lowest BCUT2D eigenvalue weighted by Crippen LogP contribution is -2.36. The molecule has 4 nitrogen and oxygen atoms in total. The summed E-state index contributed by atoms with van der Waals surface area (Å²) in [5.41, 5.74) is 0.0805. The molecular weight excluding hydrogens is 148 g/mol. The summed E-state index contributed by atoms with van der Waals surface area (Å²) in [4.78, 5) is 10.2. The van der Waals surface area contributed by atoms with Gasteiger partial charge in [0.15, 0.2) is 0 Å². The summed E-state index contributed by atoms with van der Waals surface area (Å²) in [6, 6.07) is 0. The normalized spacial score (nSPS) is 17.5. The molecule has 0 aromatic carbocycles. The van der Waals surface area contributed by atoms with Crippen LogP contribution in [0.25, 0.3) is 0 Å². The van der Waals surface area contributed by atoms with Crippen LogP contribution in [0.3, 0.4) is 0 Å². The van der Waals surface area contributed by atoms with Gasteiger partial charge in [-0.2, -0.15) is 0 Å². The molecule has 0 atom stereocenters. The Balaban J connectivity index is 2.10. The fourth-order valence-electron chi connectivity index (χ4n) is 0.590. The predicted molar refractivity (Wildman–Crippen MR) is 37.3 cm³/mol. The molecule has 0 unspecified atom stereocenters. The Morgan fingerprint density at radius 2 is 2.36 bits per heavy atom. The van der Waals surface area contributed by atoms with Crippen molar-refractivity contribution in [1.29, 1.82) is 0 Å². The van der Waals surface area contributed by atoms with Crippen LogP contribution in [-0.2, 0) is 14.3 Å². The van der Waals surface area contributed by atoms with Crippen molar-refractivity contribution >= 4 is 5.97 Å². The van der Waals surface area contributed by atoms with Crippen LogP contribution < -0.4 is 0 Å². The third-order valence-electron chi connectivity index (χ3n) is 1.40. The van der Waals surface area contributed by atoms with Crippen LogP contribution in [0.5, 0.6) is 0 Å². The van der Waals surface area contributed by atoms with E-state index in [-0.39, 0.29) is 18.3 Å². The number of rotatable bonds is 4. The van der Waals surface area contributed by atoms with Crippen LogP contribution in [0.2, 0.25) is 0 Å². The lowest BCUT2D eigenvalue weighted by atomic mass is 10.3. The van der Waals surface area contributed by atoms with Gasteiger partial charge in [0, 0.05) is 0 Å². The highest BCUT2D eigenvalue weighted by Crippen LogP contribution is 2.06. The zero-order valence-electron chi connectivity index (χ0n) is 6.08. The van der Waals surface area contributed by atoms with Crippen molar-refractivity contribution in [2.45, 2.75) is 6.10 Å².